The van der Waals surface area contributed by atoms with Crippen molar-refractivity contribution in [3.63, 3.8) is 0 Å². The Balaban J connectivity index is 2.59. The molecule has 1 aromatic rings. The number of benzene rings is 1. The smallest absolute Gasteiger partial charge is 0.288 e. The van der Waals surface area contributed by atoms with Gasteiger partial charge in [0.25, 0.3) is 5.76 Å². The predicted molar refractivity (Wildman–Crippen MR) is 51.1 cm³/mol. The molecule has 1 rings (SSSR count). The summed E-state index contributed by atoms with van der Waals surface area (Å²) in [6.07, 6.45) is 0. The van der Waals surface area contributed by atoms with Crippen LogP contribution in [0.2, 0.25) is 0 Å². The maximum Gasteiger partial charge on any atom is 0.288 e. The molecule has 13 heavy (non-hydrogen) atoms. The first-order valence-electron chi connectivity index (χ1n) is 3.90. The summed E-state index contributed by atoms with van der Waals surface area (Å²) < 4.78 is 23.8. The molecular weight excluding hydrogens is 192 g/mol. The van der Waals surface area contributed by atoms with E-state index < -0.39 is 5.76 Å². The van der Waals surface area contributed by atoms with E-state index >= 15 is 0 Å². The summed E-state index contributed by atoms with van der Waals surface area (Å²) in [6, 6.07) is 7.12. The van der Waals surface area contributed by atoms with Crippen LogP contribution in [0.25, 0.3) is 0 Å². The van der Waals surface area contributed by atoms with E-state index in [1.54, 1.807) is 12.1 Å². The minimum atomic E-state index is -2.34. The van der Waals surface area contributed by atoms with Crippen molar-refractivity contribution >= 4 is 11.8 Å². The molecule has 0 aliphatic carbocycles. The van der Waals surface area contributed by atoms with Gasteiger partial charge in [0.05, 0.1) is 0 Å². The van der Waals surface area contributed by atoms with Crippen molar-refractivity contribution in [2.75, 3.05) is 7.05 Å². The minimum absolute atomic E-state index is 0.571. The van der Waals surface area contributed by atoms with Gasteiger partial charge >= 0.3 is 0 Å². The molecule has 72 valence electrons. The third kappa shape index (κ3) is 3.74. The summed E-state index contributed by atoms with van der Waals surface area (Å²) in [6.45, 7) is 0.764. The highest BCUT2D eigenvalue weighted by Crippen LogP contribution is 2.24. The van der Waals surface area contributed by atoms with Gasteiger partial charge in [-0.2, -0.15) is 8.78 Å². The van der Waals surface area contributed by atoms with Crippen molar-refractivity contribution in [1.29, 1.82) is 0 Å². The van der Waals surface area contributed by atoms with Crippen molar-refractivity contribution in [2.45, 2.75) is 17.2 Å². The first kappa shape index (κ1) is 10.5. The van der Waals surface area contributed by atoms with E-state index in [9.17, 15) is 8.78 Å². The zero-order valence-electron chi connectivity index (χ0n) is 7.26. The third-order valence-corrected chi connectivity index (χ3v) is 2.25. The molecule has 0 unspecified atom stereocenters. The van der Waals surface area contributed by atoms with Gasteiger partial charge in [-0.15, -0.1) is 0 Å². The van der Waals surface area contributed by atoms with Gasteiger partial charge in [-0.1, -0.05) is 23.9 Å². The van der Waals surface area contributed by atoms with E-state index in [1.807, 2.05) is 19.2 Å². The Labute approximate surface area is 80.5 Å². The van der Waals surface area contributed by atoms with Gasteiger partial charge in [-0.3, -0.25) is 0 Å². The van der Waals surface area contributed by atoms with Crippen molar-refractivity contribution in [3.8, 4) is 0 Å². The number of hydrogen-bond acceptors (Lipinski definition) is 2. The Bertz CT molecular complexity index is 248. The Morgan fingerprint density at radius 2 is 1.92 bits per heavy atom. The van der Waals surface area contributed by atoms with Gasteiger partial charge in [0.15, 0.2) is 0 Å². The fraction of sp³-hybridized carbons (Fsp3) is 0.333. The van der Waals surface area contributed by atoms with E-state index in [0.29, 0.717) is 16.7 Å². The van der Waals surface area contributed by atoms with Gasteiger partial charge in [0.1, 0.15) is 0 Å². The van der Waals surface area contributed by atoms with Crippen molar-refractivity contribution in [2.24, 2.45) is 0 Å². The fourth-order valence-corrected chi connectivity index (χ4v) is 1.49. The topological polar surface area (TPSA) is 12.0 Å². The van der Waals surface area contributed by atoms with Crippen molar-refractivity contribution in [3.05, 3.63) is 29.8 Å². The fourth-order valence-electron chi connectivity index (χ4n) is 0.993. The summed E-state index contributed by atoms with van der Waals surface area (Å²) in [4.78, 5) is 0.606. The monoisotopic (exact) mass is 203 g/mol. The summed E-state index contributed by atoms with van der Waals surface area (Å²) in [5.74, 6) is -2.34. The van der Waals surface area contributed by atoms with E-state index in [0.717, 1.165) is 12.1 Å². The second kappa shape index (κ2) is 5.19. The first-order valence-corrected chi connectivity index (χ1v) is 4.78. The number of rotatable bonds is 4. The van der Waals surface area contributed by atoms with Crippen LogP contribution >= 0.6 is 11.8 Å². The summed E-state index contributed by atoms with van der Waals surface area (Å²) in [5, 5.41) is 2.99. The van der Waals surface area contributed by atoms with Gasteiger partial charge in [-0.25, -0.2) is 0 Å². The van der Waals surface area contributed by atoms with Gasteiger partial charge < -0.3 is 5.32 Å². The molecule has 0 saturated heterocycles. The molecule has 4 heteroatoms. The SMILES string of the molecule is CNCc1ccc(SC(F)F)cc1. The zero-order valence-corrected chi connectivity index (χ0v) is 8.07. The minimum Gasteiger partial charge on any atom is -0.316 e. The zero-order chi connectivity index (χ0) is 9.68. The Kier molecular flexibility index (Phi) is 4.18. The molecule has 1 aromatic carbocycles. The molecule has 0 spiro atoms. The Hall–Kier alpha value is -0.610. The van der Waals surface area contributed by atoms with Crippen LogP contribution in [-0.4, -0.2) is 12.8 Å². The van der Waals surface area contributed by atoms with Crippen molar-refractivity contribution in [1.82, 2.24) is 5.32 Å². The maximum atomic E-state index is 11.9. The highest BCUT2D eigenvalue weighted by Gasteiger charge is 2.04. The molecule has 0 fully saturated rings. The number of thioether (sulfide) groups is 1. The number of hydrogen-bond donors (Lipinski definition) is 1. The summed E-state index contributed by atoms with van der Waals surface area (Å²) in [5.41, 5.74) is 1.10. The molecule has 0 radical (unpaired) electrons. The summed E-state index contributed by atoms with van der Waals surface area (Å²) >= 11 is 0.571. The van der Waals surface area contributed by atoms with Crippen LogP contribution in [0, 0.1) is 0 Å². The molecule has 0 amide bonds. The largest absolute Gasteiger partial charge is 0.316 e. The van der Waals surface area contributed by atoms with E-state index in [1.165, 1.54) is 0 Å². The van der Waals surface area contributed by atoms with Gasteiger partial charge in [0.2, 0.25) is 0 Å². The highest BCUT2D eigenvalue weighted by molar-refractivity contribution is 7.99. The van der Waals surface area contributed by atoms with Crippen LogP contribution in [-0.2, 0) is 6.54 Å². The molecule has 0 aromatic heterocycles. The Morgan fingerprint density at radius 3 is 2.38 bits per heavy atom. The maximum absolute atomic E-state index is 11.9. The average Bonchev–Trinajstić information content (AvgIpc) is 2.08. The number of nitrogens with one attached hydrogen (secondary N) is 1. The molecule has 1 nitrogen and oxygen atoms in total. The highest BCUT2D eigenvalue weighted by atomic mass is 32.2. The lowest BCUT2D eigenvalue weighted by atomic mass is 10.2. The second-order valence-electron chi connectivity index (χ2n) is 2.55. The van der Waals surface area contributed by atoms with Crippen LogP contribution in [0.1, 0.15) is 5.56 Å². The molecular formula is C9H11F2NS. The van der Waals surface area contributed by atoms with Gasteiger partial charge in [-0.05, 0) is 24.7 Å². The molecule has 0 atom stereocenters. The van der Waals surface area contributed by atoms with Crippen molar-refractivity contribution < 1.29 is 8.78 Å². The second-order valence-corrected chi connectivity index (χ2v) is 3.62. The molecule has 0 saturated carbocycles. The lowest BCUT2D eigenvalue weighted by molar-refractivity contribution is 0.252. The molecule has 0 aliphatic heterocycles. The normalized spacial score (nSPS) is 10.8. The van der Waals surface area contributed by atoms with Crippen LogP contribution in [0.3, 0.4) is 0 Å². The lowest BCUT2D eigenvalue weighted by Crippen LogP contribution is -2.04. The third-order valence-electron chi connectivity index (χ3n) is 1.53. The molecule has 0 bridgehead atoms. The predicted octanol–water partition coefficient (Wildman–Crippen LogP) is 2.72. The standard InChI is InChI=1S/C9H11F2NS/c1-12-6-7-2-4-8(5-3-7)13-9(10)11/h2-5,9,12H,6H2,1H3. The van der Waals surface area contributed by atoms with Crippen LogP contribution in [0.4, 0.5) is 8.78 Å². The van der Waals surface area contributed by atoms with E-state index in [-0.39, 0.29) is 0 Å². The first-order chi connectivity index (χ1) is 6.22. The van der Waals surface area contributed by atoms with Crippen LogP contribution < -0.4 is 5.32 Å². The molecule has 0 heterocycles. The summed E-state index contributed by atoms with van der Waals surface area (Å²) in [7, 11) is 1.85. The van der Waals surface area contributed by atoms with E-state index in [4.69, 9.17) is 0 Å². The van der Waals surface area contributed by atoms with E-state index in [2.05, 4.69) is 5.32 Å². The van der Waals surface area contributed by atoms with Crippen LogP contribution in [0.15, 0.2) is 29.2 Å². The number of alkyl halides is 2. The van der Waals surface area contributed by atoms with Gasteiger partial charge in [0, 0.05) is 11.4 Å². The van der Waals surface area contributed by atoms with Crippen LogP contribution in [0.5, 0.6) is 0 Å². The average molecular weight is 203 g/mol. The molecule has 1 N–H and O–H groups in total. The number of halogens is 2. The Morgan fingerprint density at radius 1 is 1.31 bits per heavy atom. The lowest BCUT2D eigenvalue weighted by Gasteiger charge is -2.02. The molecule has 0 aliphatic rings. The quantitative estimate of drug-likeness (QED) is 0.755.